The van der Waals surface area contributed by atoms with Crippen molar-refractivity contribution in [2.24, 2.45) is 5.41 Å². The molecule has 0 aliphatic carbocycles. The van der Waals surface area contributed by atoms with Gasteiger partial charge in [0.05, 0.1) is 20.3 Å². The molecule has 0 saturated heterocycles. The third-order valence-corrected chi connectivity index (χ3v) is 6.16. The van der Waals surface area contributed by atoms with Gasteiger partial charge >= 0.3 is 5.97 Å². The van der Waals surface area contributed by atoms with E-state index < -0.39 is 28.9 Å². The number of benzene rings is 1. The molecule has 9 nitrogen and oxygen atoms in total. The van der Waals surface area contributed by atoms with Crippen LogP contribution in [-0.4, -0.2) is 74.7 Å². The van der Waals surface area contributed by atoms with E-state index in [4.69, 9.17) is 14.6 Å². The van der Waals surface area contributed by atoms with Gasteiger partial charge in [0.1, 0.15) is 17.5 Å². The summed E-state index contributed by atoms with van der Waals surface area (Å²) in [6.07, 6.45) is 2.72. The summed E-state index contributed by atoms with van der Waals surface area (Å²) in [6, 6.07) is 3.93. The van der Waals surface area contributed by atoms with Crippen molar-refractivity contribution in [3.63, 3.8) is 0 Å². The SMILES string of the molecule is CCC.CNC(C(=O)NC(C(=O)N(C)C/C=C(\C)C(=O)O)C(C)(C)C)C(C)(C)c1ccc(OC)cc1OC. The van der Waals surface area contributed by atoms with Gasteiger partial charge in [0.15, 0.2) is 0 Å². The summed E-state index contributed by atoms with van der Waals surface area (Å²) in [4.78, 5) is 39.3. The lowest BCUT2D eigenvalue weighted by Crippen LogP contribution is -2.60. The highest BCUT2D eigenvalue weighted by Gasteiger charge is 2.41. The van der Waals surface area contributed by atoms with Crippen molar-refractivity contribution in [3.8, 4) is 11.5 Å². The monoisotopic (exact) mass is 535 g/mol. The molecule has 0 saturated carbocycles. The molecule has 0 bridgehead atoms. The highest BCUT2D eigenvalue weighted by Crippen LogP contribution is 2.37. The molecular formula is C29H49N3O6. The molecule has 0 heterocycles. The van der Waals surface area contributed by atoms with Crippen LogP contribution in [0.1, 0.15) is 67.4 Å². The number of hydrogen-bond acceptors (Lipinski definition) is 6. The van der Waals surface area contributed by atoms with Crippen LogP contribution in [-0.2, 0) is 19.8 Å². The number of likely N-dealkylation sites (N-methyl/N-ethyl adjacent to an activating group) is 2. The number of amides is 2. The molecule has 0 aliphatic rings. The zero-order valence-corrected chi connectivity index (χ0v) is 25.3. The second-order valence-corrected chi connectivity index (χ2v) is 10.9. The van der Waals surface area contributed by atoms with Gasteiger partial charge in [-0.3, -0.25) is 9.59 Å². The number of ether oxygens (including phenoxy) is 2. The second-order valence-electron chi connectivity index (χ2n) is 10.9. The first-order valence-corrected chi connectivity index (χ1v) is 12.9. The Morgan fingerprint density at radius 1 is 1.05 bits per heavy atom. The number of hydrogen-bond donors (Lipinski definition) is 3. The number of methoxy groups -OCH3 is 2. The van der Waals surface area contributed by atoms with Crippen molar-refractivity contribution in [1.82, 2.24) is 15.5 Å². The molecule has 2 amide bonds. The van der Waals surface area contributed by atoms with Crippen molar-refractivity contribution in [2.45, 2.75) is 79.3 Å². The van der Waals surface area contributed by atoms with E-state index in [1.807, 2.05) is 46.8 Å². The maximum Gasteiger partial charge on any atom is 0.331 e. The van der Waals surface area contributed by atoms with Gasteiger partial charge in [-0.15, -0.1) is 0 Å². The summed E-state index contributed by atoms with van der Waals surface area (Å²) in [5.74, 6) is -0.463. The predicted molar refractivity (Wildman–Crippen MR) is 152 cm³/mol. The number of carbonyl (C=O) groups excluding carboxylic acids is 2. The van der Waals surface area contributed by atoms with Gasteiger partial charge in [-0.1, -0.05) is 67.0 Å². The summed E-state index contributed by atoms with van der Waals surface area (Å²) in [5, 5.41) is 15.1. The number of nitrogens with zero attached hydrogens (tertiary/aromatic N) is 1. The highest BCUT2D eigenvalue weighted by molar-refractivity contribution is 5.91. The van der Waals surface area contributed by atoms with Gasteiger partial charge in [-0.2, -0.15) is 0 Å². The first-order chi connectivity index (χ1) is 17.5. The zero-order valence-electron chi connectivity index (χ0n) is 25.3. The second kappa shape index (κ2) is 15.4. The summed E-state index contributed by atoms with van der Waals surface area (Å²) >= 11 is 0. The number of carboxylic acids is 1. The number of carbonyl (C=O) groups is 3. The van der Waals surface area contributed by atoms with Crippen molar-refractivity contribution in [1.29, 1.82) is 0 Å². The van der Waals surface area contributed by atoms with Crippen LogP contribution in [0.15, 0.2) is 29.8 Å². The fourth-order valence-corrected chi connectivity index (χ4v) is 3.85. The van der Waals surface area contributed by atoms with Crippen LogP contribution in [0.2, 0.25) is 0 Å². The van der Waals surface area contributed by atoms with Crippen LogP contribution < -0.4 is 20.1 Å². The summed E-state index contributed by atoms with van der Waals surface area (Å²) in [7, 11) is 6.42. The Hall–Kier alpha value is -3.07. The molecule has 9 heteroatoms. The average molecular weight is 536 g/mol. The van der Waals surface area contributed by atoms with E-state index in [1.165, 1.54) is 24.3 Å². The molecule has 0 aromatic heterocycles. The first kappa shape index (κ1) is 34.9. The van der Waals surface area contributed by atoms with E-state index >= 15 is 0 Å². The Bertz CT molecular complexity index is 966. The molecule has 0 aliphatic heterocycles. The summed E-state index contributed by atoms with van der Waals surface area (Å²) < 4.78 is 10.9. The first-order valence-electron chi connectivity index (χ1n) is 12.9. The fraction of sp³-hybridized carbons (Fsp3) is 0.621. The molecule has 1 aromatic rings. The Kier molecular flexibility index (Phi) is 14.1. The molecule has 2 unspecified atom stereocenters. The van der Waals surface area contributed by atoms with E-state index in [1.54, 1.807) is 34.4 Å². The molecule has 0 fully saturated rings. The molecule has 2 atom stereocenters. The van der Waals surface area contributed by atoms with Gasteiger partial charge in [0, 0.05) is 36.2 Å². The van der Waals surface area contributed by atoms with Gasteiger partial charge in [-0.05, 0) is 25.5 Å². The third kappa shape index (κ3) is 9.67. The minimum absolute atomic E-state index is 0.114. The molecule has 3 N–H and O–H groups in total. The molecule has 0 radical (unpaired) electrons. The number of nitrogens with one attached hydrogen (secondary N) is 2. The summed E-state index contributed by atoms with van der Waals surface area (Å²) in [5.41, 5.74) is -0.353. The van der Waals surface area contributed by atoms with E-state index in [9.17, 15) is 14.4 Å². The van der Waals surface area contributed by atoms with Crippen molar-refractivity contribution >= 4 is 17.8 Å². The largest absolute Gasteiger partial charge is 0.497 e. The Morgan fingerprint density at radius 3 is 2.03 bits per heavy atom. The van der Waals surface area contributed by atoms with Gasteiger partial charge in [0.2, 0.25) is 11.8 Å². The van der Waals surface area contributed by atoms with Crippen LogP contribution in [0.5, 0.6) is 11.5 Å². The smallest absolute Gasteiger partial charge is 0.331 e. The van der Waals surface area contributed by atoms with Crippen molar-refractivity contribution in [2.75, 3.05) is 34.9 Å². The van der Waals surface area contributed by atoms with Crippen LogP contribution >= 0.6 is 0 Å². The molecular weight excluding hydrogens is 486 g/mol. The van der Waals surface area contributed by atoms with Gasteiger partial charge in [0.25, 0.3) is 0 Å². The maximum atomic E-state index is 13.6. The molecule has 216 valence electrons. The maximum absolute atomic E-state index is 13.6. The van der Waals surface area contributed by atoms with Crippen LogP contribution in [0.3, 0.4) is 0 Å². The molecule has 0 spiro atoms. The van der Waals surface area contributed by atoms with Crippen molar-refractivity contribution in [3.05, 3.63) is 35.4 Å². The Labute approximate surface area is 229 Å². The lowest BCUT2D eigenvalue weighted by molar-refractivity contribution is -0.139. The topological polar surface area (TPSA) is 117 Å². The minimum Gasteiger partial charge on any atom is -0.497 e. The minimum atomic E-state index is -1.04. The quantitative estimate of drug-likeness (QED) is 0.367. The Balaban J connectivity index is 0.00000434. The number of rotatable bonds is 11. The van der Waals surface area contributed by atoms with Gasteiger partial charge in [-0.25, -0.2) is 4.79 Å². The van der Waals surface area contributed by atoms with Gasteiger partial charge < -0.3 is 30.1 Å². The number of aliphatic carboxylic acids is 1. The standard InChI is InChI=1S/C26H41N3O6.C3H8/c1-16(24(32)33)13-14-29(8)23(31)21(25(2,3)4)28-22(30)20(27-7)26(5,6)18-12-11-17(34-9)15-19(18)35-10;1-3-2/h11-13,15,20-21,27H,14H2,1-10H3,(H,28,30)(H,32,33);3H2,1-2H3/b16-13+;. The van der Waals surface area contributed by atoms with E-state index in [2.05, 4.69) is 24.5 Å². The van der Waals surface area contributed by atoms with Crippen LogP contribution in [0, 0.1) is 5.41 Å². The highest BCUT2D eigenvalue weighted by atomic mass is 16.5. The lowest BCUT2D eigenvalue weighted by atomic mass is 9.76. The zero-order chi connectivity index (χ0) is 29.8. The third-order valence-electron chi connectivity index (χ3n) is 6.16. The molecule has 1 rings (SSSR count). The average Bonchev–Trinajstić information content (AvgIpc) is 2.84. The predicted octanol–water partition coefficient (Wildman–Crippen LogP) is 4.01. The lowest BCUT2D eigenvalue weighted by Gasteiger charge is -2.38. The Morgan fingerprint density at radius 2 is 1.61 bits per heavy atom. The molecule has 38 heavy (non-hydrogen) atoms. The van der Waals surface area contributed by atoms with E-state index in [-0.39, 0.29) is 23.9 Å². The normalized spacial score (nSPS) is 13.4. The summed E-state index contributed by atoms with van der Waals surface area (Å²) in [6.45, 7) is 15.3. The number of carboxylic acid groups (broad SMARTS) is 1. The van der Waals surface area contributed by atoms with Crippen LogP contribution in [0.25, 0.3) is 0 Å². The van der Waals surface area contributed by atoms with E-state index in [0.29, 0.717) is 11.5 Å². The van der Waals surface area contributed by atoms with Crippen LogP contribution in [0.4, 0.5) is 0 Å². The fourth-order valence-electron chi connectivity index (χ4n) is 3.85. The van der Waals surface area contributed by atoms with Crippen molar-refractivity contribution < 1.29 is 29.0 Å². The van der Waals surface area contributed by atoms with E-state index in [0.717, 1.165) is 5.56 Å². The molecule has 1 aromatic carbocycles.